The Morgan fingerprint density at radius 2 is 1.30 bits per heavy atom. The zero-order valence-corrected chi connectivity index (χ0v) is 20.9. The van der Waals surface area contributed by atoms with E-state index >= 15 is 0 Å². The number of hydrogen-bond donors (Lipinski definition) is 0. The summed E-state index contributed by atoms with van der Waals surface area (Å²) in [6.45, 7) is 7.84. The van der Waals surface area contributed by atoms with E-state index in [9.17, 15) is 14.4 Å². The number of carbonyl (C=O) groups excluding carboxylic acids is 3. The Hall–Kier alpha value is -2.57. The topological polar surface area (TPSA) is 60.9 Å². The molecule has 1 atom stereocenters. The lowest BCUT2D eigenvalue weighted by molar-refractivity contribution is -0.118. The second-order valence-electron chi connectivity index (χ2n) is 7.80. The number of anilines is 2. The summed E-state index contributed by atoms with van der Waals surface area (Å²) in [4.78, 5) is 40.0. The van der Waals surface area contributed by atoms with Crippen LogP contribution >= 0.6 is 23.2 Å². The minimum Gasteiger partial charge on any atom is -0.345 e. The van der Waals surface area contributed by atoms with Gasteiger partial charge in [0, 0.05) is 28.8 Å². The molecule has 33 heavy (non-hydrogen) atoms. The monoisotopic (exact) mass is 491 g/mol. The van der Waals surface area contributed by atoms with Crippen molar-refractivity contribution < 1.29 is 14.4 Å². The van der Waals surface area contributed by atoms with Crippen LogP contribution < -0.4 is 9.80 Å². The predicted octanol–water partition coefficient (Wildman–Crippen LogP) is 6.40. The fraction of sp³-hybridized carbons (Fsp3) is 0.400. The molecule has 2 aromatic carbocycles. The lowest BCUT2D eigenvalue weighted by Gasteiger charge is -2.19. The summed E-state index contributed by atoms with van der Waals surface area (Å²) < 4.78 is 0. The molecule has 0 spiro atoms. The van der Waals surface area contributed by atoms with E-state index < -0.39 is 6.04 Å². The van der Waals surface area contributed by atoms with Gasteiger partial charge in [0.05, 0.1) is 5.69 Å². The van der Waals surface area contributed by atoms with Crippen LogP contribution in [0.4, 0.5) is 16.2 Å². The van der Waals surface area contributed by atoms with Crippen molar-refractivity contribution in [1.29, 1.82) is 0 Å². The lowest BCUT2D eigenvalue weighted by Crippen LogP contribution is -2.33. The van der Waals surface area contributed by atoms with E-state index in [0.29, 0.717) is 21.4 Å². The van der Waals surface area contributed by atoms with E-state index in [0.717, 1.165) is 50.1 Å². The van der Waals surface area contributed by atoms with Crippen LogP contribution in [-0.2, 0) is 9.59 Å². The third-order valence-electron chi connectivity index (χ3n) is 5.30. The molecule has 0 N–H and O–H groups in total. The Morgan fingerprint density at radius 1 is 0.848 bits per heavy atom. The molecule has 178 valence electrons. The summed E-state index contributed by atoms with van der Waals surface area (Å²) in [5.74, 6) is -0.276. The van der Waals surface area contributed by atoms with Crippen LogP contribution in [0.2, 0.25) is 10.0 Å². The zero-order valence-electron chi connectivity index (χ0n) is 19.3. The van der Waals surface area contributed by atoms with Crippen molar-refractivity contribution in [2.24, 2.45) is 0 Å². The molecule has 1 fully saturated rings. The van der Waals surface area contributed by atoms with Crippen LogP contribution in [-0.4, -0.2) is 42.4 Å². The number of benzene rings is 2. The van der Waals surface area contributed by atoms with Crippen molar-refractivity contribution in [2.75, 3.05) is 22.9 Å². The summed E-state index contributed by atoms with van der Waals surface area (Å²) >= 11 is 11.7. The van der Waals surface area contributed by atoms with Crippen LogP contribution in [0, 0.1) is 0 Å². The van der Waals surface area contributed by atoms with Crippen molar-refractivity contribution in [1.82, 2.24) is 4.90 Å². The number of amides is 4. The maximum atomic E-state index is 12.7. The minimum absolute atomic E-state index is 0.276. The molecule has 6 nitrogen and oxygen atoms in total. The molecule has 0 saturated carbocycles. The third kappa shape index (κ3) is 7.21. The number of rotatable bonds is 9. The highest BCUT2D eigenvalue weighted by Gasteiger charge is 2.44. The smallest absolute Gasteiger partial charge is 0.336 e. The first-order valence-corrected chi connectivity index (χ1v) is 12.0. The zero-order chi connectivity index (χ0) is 24.4. The molecule has 4 amide bonds. The van der Waals surface area contributed by atoms with Gasteiger partial charge in [-0.2, -0.15) is 0 Å². The first-order chi connectivity index (χ1) is 15.8. The molecule has 0 aliphatic carbocycles. The summed E-state index contributed by atoms with van der Waals surface area (Å²) in [6, 6.07) is 12.4. The Bertz CT molecular complexity index is 911. The van der Waals surface area contributed by atoms with Crippen molar-refractivity contribution >= 4 is 52.9 Å². The highest BCUT2D eigenvalue weighted by Crippen LogP contribution is 2.31. The molecule has 1 aliphatic heterocycles. The van der Waals surface area contributed by atoms with Crippen molar-refractivity contribution in [3.05, 3.63) is 58.6 Å². The maximum Gasteiger partial charge on any atom is 0.336 e. The molecule has 0 bridgehead atoms. The fourth-order valence-electron chi connectivity index (χ4n) is 3.37. The number of nitrogens with zero attached hydrogens (tertiary/aromatic N) is 3. The van der Waals surface area contributed by atoms with E-state index in [4.69, 9.17) is 23.2 Å². The standard InChI is InChI=1S/C16H12Cl2N2O2.C9H19NO/c1-10-15(21)20(14-8-4-12(18)5-9-14)16(22)19(10)13-6-2-11(17)3-7-13;1-3-5-7-10(9-11)8-6-4-2/h2-10H,1H3;9H,3-8H2,1-2H3. The molecule has 1 unspecified atom stereocenters. The van der Waals surface area contributed by atoms with Crippen LogP contribution in [0.3, 0.4) is 0 Å². The normalized spacial score (nSPS) is 15.4. The Kier molecular flexibility index (Phi) is 10.7. The van der Waals surface area contributed by atoms with Gasteiger partial charge in [-0.25, -0.2) is 9.69 Å². The second kappa shape index (κ2) is 13.2. The predicted molar refractivity (Wildman–Crippen MR) is 135 cm³/mol. The summed E-state index contributed by atoms with van der Waals surface area (Å²) in [5.41, 5.74) is 1.13. The SMILES string of the molecule is CC1C(=O)N(c2ccc(Cl)cc2)C(=O)N1c1ccc(Cl)cc1.CCCCN(C=O)CCCC. The average Bonchev–Trinajstić information content (AvgIpc) is 3.04. The quantitative estimate of drug-likeness (QED) is 0.301. The van der Waals surface area contributed by atoms with Gasteiger partial charge in [-0.3, -0.25) is 14.5 Å². The van der Waals surface area contributed by atoms with Gasteiger partial charge in [0.15, 0.2) is 0 Å². The molecule has 8 heteroatoms. The van der Waals surface area contributed by atoms with Gasteiger partial charge in [-0.05, 0) is 68.3 Å². The van der Waals surface area contributed by atoms with Crippen molar-refractivity contribution in [3.8, 4) is 0 Å². The highest BCUT2D eigenvalue weighted by molar-refractivity contribution is 6.32. The number of hydrogen-bond acceptors (Lipinski definition) is 3. The molecule has 2 aromatic rings. The Labute approximate surface area is 206 Å². The van der Waals surface area contributed by atoms with Crippen molar-refractivity contribution in [3.63, 3.8) is 0 Å². The fourth-order valence-corrected chi connectivity index (χ4v) is 3.62. The Morgan fingerprint density at radius 3 is 1.73 bits per heavy atom. The lowest BCUT2D eigenvalue weighted by atomic mass is 10.2. The first kappa shape index (κ1) is 26.7. The van der Waals surface area contributed by atoms with Crippen molar-refractivity contribution in [2.45, 2.75) is 52.5 Å². The van der Waals surface area contributed by atoms with E-state index in [-0.39, 0.29) is 11.9 Å². The van der Waals surface area contributed by atoms with Gasteiger partial charge >= 0.3 is 6.03 Å². The average molecular weight is 492 g/mol. The van der Waals surface area contributed by atoms with E-state index in [1.807, 2.05) is 4.90 Å². The van der Waals surface area contributed by atoms with E-state index in [2.05, 4.69) is 13.8 Å². The summed E-state index contributed by atoms with van der Waals surface area (Å²) in [7, 11) is 0. The van der Waals surface area contributed by atoms with Crippen LogP contribution in [0.1, 0.15) is 46.5 Å². The maximum absolute atomic E-state index is 12.7. The molecule has 0 aromatic heterocycles. The highest BCUT2D eigenvalue weighted by atomic mass is 35.5. The van der Waals surface area contributed by atoms with Crippen LogP contribution in [0.25, 0.3) is 0 Å². The Balaban J connectivity index is 0.000000299. The third-order valence-corrected chi connectivity index (χ3v) is 5.80. The van der Waals surface area contributed by atoms with Gasteiger partial charge in [-0.15, -0.1) is 0 Å². The molecule has 1 saturated heterocycles. The minimum atomic E-state index is -0.579. The summed E-state index contributed by atoms with van der Waals surface area (Å²) in [5, 5.41) is 1.12. The molecular formula is C25H31Cl2N3O3. The molecule has 1 aliphatic rings. The molecule has 0 radical (unpaired) electrons. The number of carbonyl (C=O) groups is 3. The van der Waals surface area contributed by atoms with E-state index in [1.54, 1.807) is 55.5 Å². The van der Waals surface area contributed by atoms with Crippen LogP contribution in [0.5, 0.6) is 0 Å². The summed E-state index contributed by atoms with van der Waals surface area (Å²) in [6.07, 6.45) is 5.54. The first-order valence-electron chi connectivity index (χ1n) is 11.2. The molecular weight excluding hydrogens is 461 g/mol. The molecule has 1 heterocycles. The van der Waals surface area contributed by atoms with Gasteiger partial charge < -0.3 is 4.90 Å². The van der Waals surface area contributed by atoms with Gasteiger partial charge in [0.2, 0.25) is 6.41 Å². The largest absolute Gasteiger partial charge is 0.345 e. The number of urea groups is 1. The van der Waals surface area contributed by atoms with Gasteiger partial charge in [-0.1, -0.05) is 49.9 Å². The number of imide groups is 1. The number of halogens is 2. The van der Waals surface area contributed by atoms with Gasteiger partial charge in [0.25, 0.3) is 5.91 Å². The van der Waals surface area contributed by atoms with Crippen LogP contribution in [0.15, 0.2) is 48.5 Å². The number of unbranched alkanes of at least 4 members (excludes halogenated alkanes) is 2. The molecule has 3 rings (SSSR count). The second-order valence-corrected chi connectivity index (χ2v) is 8.68. The van der Waals surface area contributed by atoms with Gasteiger partial charge in [0.1, 0.15) is 6.04 Å². The van der Waals surface area contributed by atoms with E-state index in [1.165, 1.54) is 4.90 Å².